The maximum Gasteiger partial charge on any atom is 0.170 e. The lowest BCUT2D eigenvalue weighted by Crippen LogP contribution is -2.37. The Kier molecular flexibility index (Phi) is 4.07. The summed E-state index contributed by atoms with van der Waals surface area (Å²) in [7, 11) is -0.718. The van der Waals surface area contributed by atoms with Crippen LogP contribution in [0.2, 0.25) is 0 Å². The van der Waals surface area contributed by atoms with Gasteiger partial charge >= 0.3 is 0 Å². The molecule has 0 amide bonds. The molecular weight excluding hydrogens is 293 g/mol. The summed E-state index contributed by atoms with van der Waals surface area (Å²) in [5.41, 5.74) is 1.30. The van der Waals surface area contributed by atoms with E-state index in [0.29, 0.717) is 29.6 Å². The van der Waals surface area contributed by atoms with Crippen LogP contribution in [0.25, 0.3) is 5.69 Å². The molecule has 1 aromatic heterocycles. The fraction of sp³-hybridized carbons (Fsp3) is 0.462. The highest BCUT2D eigenvalue weighted by atomic mass is 32.2. The maximum atomic E-state index is 14.0. The first-order chi connectivity index (χ1) is 10.1. The molecule has 0 atom stereocenters. The molecule has 112 valence electrons. The van der Waals surface area contributed by atoms with Crippen molar-refractivity contribution in [3.8, 4) is 5.69 Å². The Hall–Kier alpha value is -1.67. The van der Waals surface area contributed by atoms with Crippen LogP contribution in [-0.2, 0) is 17.3 Å². The Balaban J connectivity index is 1.84. The van der Waals surface area contributed by atoms with Crippen molar-refractivity contribution in [3.05, 3.63) is 35.4 Å². The van der Waals surface area contributed by atoms with Crippen molar-refractivity contribution >= 4 is 10.8 Å². The summed E-state index contributed by atoms with van der Waals surface area (Å²) >= 11 is 0. The quantitative estimate of drug-likeness (QED) is 0.834. The molecule has 1 aliphatic rings. The molecule has 0 radical (unpaired) electrons. The molecule has 0 aliphatic carbocycles. The van der Waals surface area contributed by atoms with E-state index in [4.69, 9.17) is 0 Å². The summed E-state index contributed by atoms with van der Waals surface area (Å²) < 4.78 is 26.8. The number of aromatic nitrogens is 4. The van der Waals surface area contributed by atoms with Gasteiger partial charge in [0.05, 0.1) is 6.54 Å². The molecule has 3 rings (SSSR count). The van der Waals surface area contributed by atoms with Crippen LogP contribution in [0.1, 0.15) is 11.4 Å². The largest absolute Gasteiger partial charge is 0.294 e. The molecule has 1 fully saturated rings. The van der Waals surface area contributed by atoms with Crippen LogP contribution < -0.4 is 0 Å². The van der Waals surface area contributed by atoms with Gasteiger partial charge in [-0.25, -0.2) is 4.39 Å². The van der Waals surface area contributed by atoms with Gasteiger partial charge in [0.15, 0.2) is 5.82 Å². The first-order valence-corrected chi connectivity index (χ1v) is 8.23. The number of nitrogens with zero attached hydrogens (tertiary/aromatic N) is 5. The van der Waals surface area contributed by atoms with E-state index in [1.165, 1.54) is 10.7 Å². The Morgan fingerprint density at radius 2 is 2.10 bits per heavy atom. The van der Waals surface area contributed by atoms with Crippen molar-refractivity contribution in [3.63, 3.8) is 0 Å². The number of halogens is 1. The molecule has 0 spiro atoms. The normalized spacial score (nSPS) is 17.2. The molecule has 0 saturated carbocycles. The van der Waals surface area contributed by atoms with E-state index < -0.39 is 10.8 Å². The van der Waals surface area contributed by atoms with Gasteiger partial charge in [-0.05, 0) is 35.0 Å². The van der Waals surface area contributed by atoms with E-state index in [2.05, 4.69) is 20.4 Å². The Morgan fingerprint density at radius 1 is 1.33 bits per heavy atom. The van der Waals surface area contributed by atoms with Crippen LogP contribution in [-0.4, -0.2) is 53.9 Å². The zero-order valence-electron chi connectivity index (χ0n) is 11.7. The van der Waals surface area contributed by atoms with Crippen molar-refractivity contribution in [1.29, 1.82) is 0 Å². The first kappa shape index (κ1) is 14.3. The third kappa shape index (κ3) is 3.16. The van der Waals surface area contributed by atoms with Crippen LogP contribution in [0.3, 0.4) is 0 Å². The molecule has 8 heteroatoms. The first-order valence-electron chi connectivity index (χ1n) is 6.74. The van der Waals surface area contributed by atoms with Gasteiger partial charge in [-0.1, -0.05) is 6.07 Å². The second-order valence-corrected chi connectivity index (χ2v) is 6.78. The van der Waals surface area contributed by atoms with Gasteiger partial charge in [-0.2, -0.15) is 4.68 Å². The number of tetrazole rings is 1. The van der Waals surface area contributed by atoms with Crippen LogP contribution in [0.5, 0.6) is 0 Å². The van der Waals surface area contributed by atoms with E-state index in [0.717, 1.165) is 18.7 Å². The van der Waals surface area contributed by atoms with Gasteiger partial charge in [0, 0.05) is 35.4 Å². The van der Waals surface area contributed by atoms with Gasteiger partial charge in [0.25, 0.3) is 0 Å². The second kappa shape index (κ2) is 5.98. The SMILES string of the molecule is Cc1ccc(F)c(-n2nnnc2CN2CCS(=O)CC2)c1. The second-order valence-electron chi connectivity index (χ2n) is 5.09. The fourth-order valence-electron chi connectivity index (χ4n) is 2.31. The topological polar surface area (TPSA) is 63.9 Å². The van der Waals surface area contributed by atoms with Crippen LogP contribution >= 0.6 is 0 Å². The average Bonchev–Trinajstić information content (AvgIpc) is 2.92. The summed E-state index contributed by atoms with van der Waals surface area (Å²) in [6, 6.07) is 4.85. The molecule has 1 aromatic carbocycles. The highest BCUT2D eigenvalue weighted by molar-refractivity contribution is 7.85. The lowest BCUT2D eigenvalue weighted by atomic mass is 10.2. The number of hydrogen-bond donors (Lipinski definition) is 0. The molecule has 0 bridgehead atoms. The van der Waals surface area contributed by atoms with E-state index in [1.54, 1.807) is 12.1 Å². The fourth-order valence-corrected chi connectivity index (χ4v) is 3.44. The Morgan fingerprint density at radius 3 is 2.86 bits per heavy atom. The van der Waals surface area contributed by atoms with E-state index >= 15 is 0 Å². The Bertz CT molecular complexity index is 664. The lowest BCUT2D eigenvalue weighted by molar-refractivity contribution is 0.281. The number of aryl methyl sites for hydroxylation is 1. The predicted octanol–water partition coefficient (Wildman–Crippen LogP) is 0.674. The summed E-state index contributed by atoms with van der Waals surface area (Å²) in [6.45, 7) is 3.91. The minimum atomic E-state index is -0.718. The highest BCUT2D eigenvalue weighted by Crippen LogP contribution is 2.16. The maximum absolute atomic E-state index is 14.0. The summed E-state index contributed by atoms with van der Waals surface area (Å²) in [6.07, 6.45) is 0. The molecule has 0 N–H and O–H groups in total. The number of benzene rings is 1. The van der Waals surface area contributed by atoms with Crippen molar-refractivity contribution in [1.82, 2.24) is 25.1 Å². The monoisotopic (exact) mass is 309 g/mol. The molecule has 2 aromatic rings. The molecular formula is C13H16FN5OS. The van der Waals surface area contributed by atoms with Crippen molar-refractivity contribution < 1.29 is 8.60 Å². The zero-order valence-corrected chi connectivity index (χ0v) is 12.5. The zero-order chi connectivity index (χ0) is 14.8. The van der Waals surface area contributed by atoms with Gasteiger partial charge in [0.2, 0.25) is 0 Å². The molecule has 0 unspecified atom stereocenters. The summed E-state index contributed by atoms with van der Waals surface area (Å²) in [5, 5.41) is 11.6. The molecule has 1 saturated heterocycles. The average molecular weight is 309 g/mol. The van der Waals surface area contributed by atoms with E-state index in [-0.39, 0.29) is 5.82 Å². The minimum Gasteiger partial charge on any atom is -0.294 e. The number of hydrogen-bond acceptors (Lipinski definition) is 5. The lowest BCUT2D eigenvalue weighted by Gasteiger charge is -2.25. The van der Waals surface area contributed by atoms with Gasteiger partial charge in [-0.15, -0.1) is 5.10 Å². The number of rotatable bonds is 3. The van der Waals surface area contributed by atoms with E-state index in [1.807, 2.05) is 6.92 Å². The molecule has 1 aliphatic heterocycles. The van der Waals surface area contributed by atoms with Crippen LogP contribution in [0.4, 0.5) is 4.39 Å². The smallest absolute Gasteiger partial charge is 0.170 e. The van der Waals surface area contributed by atoms with Crippen LogP contribution in [0, 0.1) is 12.7 Å². The van der Waals surface area contributed by atoms with Gasteiger partial charge < -0.3 is 0 Å². The van der Waals surface area contributed by atoms with Crippen molar-refractivity contribution in [2.75, 3.05) is 24.6 Å². The molecule has 6 nitrogen and oxygen atoms in total. The molecule has 21 heavy (non-hydrogen) atoms. The summed E-state index contributed by atoms with van der Waals surface area (Å²) in [5.74, 6) is 1.57. The van der Waals surface area contributed by atoms with Gasteiger partial charge in [0.1, 0.15) is 11.5 Å². The van der Waals surface area contributed by atoms with E-state index in [9.17, 15) is 8.60 Å². The summed E-state index contributed by atoms with van der Waals surface area (Å²) in [4.78, 5) is 2.14. The van der Waals surface area contributed by atoms with Gasteiger partial charge in [-0.3, -0.25) is 9.11 Å². The Labute approximate surface area is 124 Å². The minimum absolute atomic E-state index is 0.353. The highest BCUT2D eigenvalue weighted by Gasteiger charge is 2.19. The third-order valence-corrected chi connectivity index (χ3v) is 4.78. The van der Waals surface area contributed by atoms with Crippen LogP contribution in [0.15, 0.2) is 18.2 Å². The molecule has 2 heterocycles. The van der Waals surface area contributed by atoms with Crippen molar-refractivity contribution in [2.45, 2.75) is 13.5 Å². The predicted molar refractivity (Wildman–Crippen MR) is 77.0 cm³/mol. The third-order valence-electron chi connectivity index (χ3n) is 3.50. The van der Waals surface area contributed by atoms with Crippen molar-refractivity contribution in [2.24, 2.45) is 0 Å². The standard InChI is InChI=1S/C13H16FN5OS/c1-10-2-3-11(14)12(8-10)19-13(15-16-17-19)9-18-4-6-21(20)7-5-18/h2-3,8H,4-7,9H2,1H3.